The van der Waals surface area contributed by atoms with Crippen molar-refractivity contribution in [2.45, 2.75) is 46.5 Å². The molecular weight excluding hydrogens is 158 g/mol. The topological polar surface area (TPSA) is 26.0 Å². The van der Waals surface area contributed by atoms with Crippen LogP contribution in [0.25, 0.3) is 0 Å². The Labute approximate surface area is 82.7 Å². The molecule has 0 aromatic heterocycles. The van der Waals surface area contributed by atoms with E-state index in [2.05, 4.69) is 32.9 Å². The van der Waals surface area contributed by atoms with E-state index in [9.17, 15) is 0 Å². The second-order valence-corrected chi connectivity index (χ2v) is 3.21. The Kier molecular flexibility index (Phi) is 7.71. The van der Waals surface area contributed by atoms with Crippen LogP contribution in [0.15, 0.2) is 23.3 Å². The minimum absolute atomic E-state index is 0.663. The SMILES string of the molecule is CC/C=C(CC)\C(=C/CN)CCC. The highest BCUT2D eigenvalue weighted by atomic mass is 14.5. The smallest absolute Gasteiger partial charge is 0.0112 e. The summed E-state index contributed by atoms with van der Waals surface area (Å²) in [4.78, 5) is 0. The van der Waals surface area contributed by atoms with Crippen molar-refractivity contribution < 1.29 is 0 Å². The summed E-state index contributed by atoms with van der Waals surface area (Å²) in [5, 5.41) is 0. The van der Waals surface area contributed by atoms with Gasteiger partial charge in [-0.15, -0.1) is 0 Å². The van der Waals surface area contributed by atoms with Gasteiger partial charge in [0.15, 0.2) is 0 Å². The highest BCUT2D eigenvalue weighted by Gasteiger charge is 2.00. The molecule has 0 aliphatic rings. The molecule has 0 saturated heterocycles. The monoisotopic (exact) mass is 181 g/mol. The molecule has 1 heteroatoms. The lowest BCUT2D eigenvalue weighted by Crippen LogP contribution is -1.98. The summed E-state index contributed by atoms with van der Waals surface area (Å²) in [7, 11) is 0. The predicted molar refractivity (Wildman–Crippen MR) is 60.7 cm³/mol. The Morgan fingerprint density at radius 2 is 1.77 bits per heavy atom. The van der Waals surface area contributed by atoms with Gasteiger partial charge >= 0.3 is 0 Å². The highest BCUT2D eigenvalue weighted by molar-refractivity contribution is 5.30. The molecule has 0 bridgehead atoms. The van der Waals surface area contributed by atoms with E-state index in [4.69, 9.17) is 5.73 Å². The van der Waals surface area contributed by atoms with Gasteiger partial charge in [-0.2, -0.15) is 0 Å². The summed E-state index contributed by atoms with van der Waals surface area (Å²) in [6.45, 7) is 7.27. The molecule has 0 aromatic rings. The van der Waals surface area contributed by atoms with Gasteiger partial charge in [-0.25, -0.2) is 0 Å². The molecule has 2 N–H and O–H groups in total. The first-order valence-corrected chi connectivity index (χ1v) is 5.38. The molecule has 0 saturated carbocycles. The normalized spacial score (nSPS) is 13.5. The van der Waals surface area contributed by atoms with Crippen LogP contribution in [0.2, 0.25) is 0 Å². The van der Waals surface area contributed by atoms with Crippen molar-refractivity contribution in [3.05, 3.63) is 23.3 Å². The Morgan fingerprint density at radius 1 is 1.08 bits per heavy atom. The van der Waals surface area contributed by atoms with E-state index >= 15 is 0 Å². The fraction of sp³-hybridized carbons (Fsp3) is 0.667. The summed E-state index contributed by atoms with van der Waals surface area (Å²) in [6.07, 6.45) is 9.09. The van der Waals surface area contributed by atoms with E-state index in [1.807, 2.05) is 0 Å². The van der Waals surface area contributed by atoms with Crippen LogP contribution in [0.3, 0.4) is 0 Å². The second kappa shape index (κ2) is 8.06. The van der Waals surface area contributed by atoms with Crippen molar-refractivity contribution in [1.82, 2.24) is 0 Å². The molecule has 0 aliphatic heterocycles. The predicted octanol–water partition coefficient (Wildman–Crippen LogP) is 3.42. The van der Waals surface area contributed by atoms with Crippen molar-refractivity contribution in [2.24, 2.45) is 5.73 Å². The molecule has 0 atom stereocenters. The minimum atomic E-state index is 0.663. The van der Waals surface area contributed by atoms with E-state index < -0.39 is 0 Å². The minimum Gasteiger partial charge on any atom is -0.327 e. The van der Waals surface area contributed by atoms with Crippen molar-refractivity contribution in [2.75, 3.05) is 6.54 Å². The van der Waals surface area contributed by atoms with Gasteiger partial charge in [0.05, 0.1) is 0 Å². The van der Waals surface area contributed by atoms with E-state index in [1.165, 1.54) is 17.6 Å². The summed E-state index contributed by atoms with van der Waals surface area (Å²) in [5.74, 6) is 0. The number of hydrogen-bond acceptors (Lipinski definition) is 1. The van der Waals surface area contributed by atoms with Crippen LogP contribution >= 0.6 is 0 Å². The Morgan fingerprint density at radius 3 is 2.15 bits per heavy atom. The van der Waals surface area contributed by atoms with E-state index in [-0.39, 0.29) is 0 Å². The molecule has 0 unspecified atom stereocenters. The van der Waals surface area contributed by atoms with Crippen LogP contribution in [-0.2, 0) is 0 Å². The quantitative estimate of drug-likeness (QED) is 0.624. The van der Waals surface area contributed by atoms with E-state index in [1.54, 1.807) is 0 Å². The van der Waals surface area contributed by atoms with Gasteiger partial charge in [0.1, 0.15) is 0 Å². The number of rotatable bonds is 6. The van der Waals surface area contributed by atoms with Crippen molar-refractivity contribution in [1.29, 1.82) is 0 Å². The molecule has 13 heavy (non-hydrogen) atoms. The molecule has 0 aliphatic carbocycles. The zero-order valence-electron chi connectivity index (χ0n) is 9.27. The maximum atomic E-state index is 5.54. The third-order valence-electron chi connectivity index (χ3n) is 2.13. The maximum absolute atomic E-state index is 5.54. The van der Waals surface area contributed by atoms with Crippen LogP contribution < -0.4 is 5.73 Å². The Hall–Kier alpha value is -0.560. The molecule has 0 aromatic carbocycles. The molecule has 0 spiro atoms. The van der Waals surface area contributed by atoms with Gasteiger partial charge in [0.2, 0.25) is 0 Å². The first kappa shape index (κ1) is 12.4. The molecule has 0 rings (SSSR count). The third-order valence-corrected chi connectivity index (χ3v) is 2.13. The van der Waals surface area contributed by atoms with Crippen LogP contribution in [-0.4, -0.2) is 6.54 Å². The van der Waals surface area contributed by atoms with Crippen molar-refractivity contribution >= 4 is 0 Å². The van der Waals surface area contributed by atoms with Gasteiger partial charge in [-0.1, -0.05) is 39.3 Å². The van der Waals surface area contributed by atoms with Gasteiger partial charge in [0, 0.05) is 6.54 Å². The molecular formula is C12H23N. The summed E-state index contributed by atoms with van der Waals surface area (Å²) in [5.41, 5.74) is 8.48. The first-order chi connectivity index (χ1) is 6.29. The van der Waals surface area contributed by atoms with Gasteiger partial charge in [-0.3, -0.25) is 0 Å². The van der Waals surface area contributed by atoms with Gasteiger partial charge < -0.3 is 5.73 Å². The number of hydrogen-bond donors (Lipinski definition) is 1. The fourth-order valence-corrected chi connectivity index (χ4v) is 1.55. The average Bonchev–Trinajstić information content (AvgIpc) is 2.14. The first-order valence-electron chi connectivity index (χ1n) is 5.38. The average molecular weight is 181 g/mol. The summed E-state index contributed by atoms with van der Waals surface area (Å²) >= 11 is 0. The van der Waals surface area contributed by atoms with Crippen molar-refractivity contribution in [3.8, 4) is 0 Å². The lowest BCUT2D eigenvalue weighted by Gasteiger charge is -2.09. The molecule has 0 heterocycles. The van der Waals surface area contributed by atoms with Crippen LogP contribution in [0, 0.1) is 0 Å². The largest absolute Gasteiger partial charge is 0.327 e. The van der Waals surface area contributed by atoms with Gasteiger partial charge in [-0.05, 0) is 30.4 Å². The molecule has 0 fully saturated rings. The van der Waals surface area contributed by atoms with Crippen molar-refractivity contribution in [3.63, 3.8) is 0 Å². The second-order valence-electron chi connectivity index (χ2n) is 3.21. The summed E-state index contributed by atoms with van der Waals surface area (Å²) in [6, 6.07) is 0. The van der Waals surface area contributed by atoms with E-state index in [0.717, 1.165) is 19.3 Å². The lowest BCUT2D eigenvalue weighted by molar-refractivity contribution is 0.882. The molecule has 0 radical (unpaired) electrons. The third kappa shape index (κ3) is 4.89. The highest BCUT2D eigenvalue weighted by Crippen LogP contribution is 2.19. The number of nitrogens with two attached hydrogens (primary N) is 1. The van der Waals surface area contributed by atoms with Crippen LogP contribution in [0.5, 0.6) is 0 Å². The zero-order valence-corrected chi connectivity index (χ0v) is 9.27. The maximum Gasteiger partial charge on any atom is 0.0112 e. The van der Waals surface area contributed by atoms with Crippen LogP contribution in [0.4, 0.5) is 0 Å². The number of allylic oxidation sites excluding steroid dienone is 3. The van der Waals surface area contributed by atoms with Gasteiger partial charge in [0.25, 0.3) is 0 Å². The van der Waals surface area contributed by atoms with Crippen LogP contribution in [0.1, 0.15) is 46.5 Å². The lowest BCUT2D eigenvalue weighted by atomic mass is 9.98. The molecule has 76 valence electrons. The molecule has 0 amide bonds. The fourth-order valence-electron chi connectivity index (χ4n) is 1.55. The zero-order chi connectivity index (χ0) is 10.1. The van der Waals surface area contributed by atoms with E-state index in [0.29, 0.717) is 6.54 Å². The summed E-state index contributed by atoms with van der Waals surface area (Å²) < 4.78 is 0. The molecule has 1 nitrogen and oxygen atoms in total. The Balaban J connectivity index is 4.49. The Bertz CT molecular complexity index is 178. The standard InChI is InChI=1S/C12H23N/c1-4-7-11(6-3)12(8-5-2)9-10-13/h7,9H,4-6,8,10,13H2,1-3H3/b11-7-,12-9-.